The normalized spacial score (nSPS) is 25.0. The standard InChI is InChI=1S/C23H34F3N3O2/c1-22(2,3)31-21(30)28-19-8-4-5-9-20(19)29(18-7-6-14-27-15-18)17-12-10-16(11-13-17)23(24,25)26/h10-13,18-20,27H,4-9,14-15H2,1-3H3,(H,28,30)/t18-,19+,20+/m0/s1. The molecule has 5 nitrogen and oxygen atoms in total. The number of alkyl halides is 3. The van der Waals surface area contributed by atoms with Crippen LogP contribution in [0.4, 0.5) is 23.7 Å². The van der Waals surface area contributed by atoms with Crippen molar-refractivity contribution in [3.8, 4) is 0 Å². The minimum absolute atomic E-state index is 0.00269. The number of halogens is 3. The van der Waals surface area contributed by atoms with Gasteiger partial charge in [0.25, 0.3) is 0 Å². The van der Waals surface area contributed by atoms with E-state index in [1.807, 2.05) is 20.8 Å². The number of carbonyl (C=O) groups is 1. The van der Waals surface area contributed by atoms with Gasteiger partial charge in [-0.05, 0) is 77.3 Å². The van der Waals surface area contributed by atoms with Gasteiger partial charge in [0.2, 0.25) is 0 Å². The fourth-order valence-corrected chi connectivity index (χ4v) is 4.64. The van der Waals surface area contributed by atoms with Crippen LogP contribution in [-0.2, 0) is 10.9 Å². The molecule has 0 spiro atoms. The molecular weight excluding hydrogens is 407 g/mol. The number of ether oxygens (including phenoxy) is 1. The first-order valence-electron chi connectivity index (χ1n) is 11.2. The van der Waals surface area contributed by atoms with Gasteiger partial charge in [0.05, 0.1) is 11.6 Å². The zero-order valence-electron chi connectivity index (χ0n) is 18.6. The van der Waals surface area contributed by atoms with E-state index in [-0.39, 0.29) is 18.1 Å². The SMILES string of the molecule is CC(C)(C)OC(=O)N[C@@H]1CCCC[C@H]1N(c1ccc(C(F)(F)F)cc1)[C@H]1CCCNC1. The summed E-state index contributed by atoms with van der Waals surface area (Å²) >= 11 is 0. The molecule has 8 heteroatoms. The van der Waals surface area contributed by atoms with Gasteiger partial charge in [-0.2, -0.15) is 13.2 Å². The Balaban J connectivity index is 1.86. The number of hydrogen-bond donors (Lipinski definition) is 2. The van der Waals surface area contributed by atoms with Crippen LogP contribution in [0.5, 0.6) is 0 Å². The second-order valence-corrected chi connectivity index (χ2v) is 9.56. The van der Waals surface area contributed by atoms with Crippen molar-refractivity contribution in [2.45, 2.75) is 89.2 Å². The van der Waals surface area contributed by atoms with E-state index in [0.29, 0.717) is 0 Å². The van der Waals surface area contributed by atoms with E-state index >= 15 is 0 Å². The maximum absolute atomic E-state index is 13.1. The van der Waals surface area contributed by atoms with Crippen LogP contribution in [-0.4, -0.2) is 42.9 Å². The van der Waals surface area contributed by atoms with Gasteiger partial charge < -0.3 is 20.3 Å². The second kappa shape index (κ2) is 9.67. The molecule has 1 aliphatic heterocycles. The molecular formula is C23H34F3N3O2. The largest absolute Gasteiger partial charge is 0.444 e. The maximum atomic E-state index is 13.1. The summed E-state index contributed by atoms with van der Waals surface area (Å²) in [5.41, 5.74) is -0.469. The van der Waals surface area contributed by atoms with E-state index in [4.69, 9.17) is 4.74 Å². The third-order valence-electron chi connectivity index (χ3n) is 5.95. The minimum Gasteiger partial charge on any atom is -0.444 e. The van der Waals surface area contributed by atoms with Crippen LogP contribution in [0, 0.1) is 0 Å². The molecule has 1 aromatic rings. The molecule has 0 aromatic heterocycles. The van der Waals surface area contributed by atoms with Gasteiger partial charge in [0.1, 0.15) is 5.60 Å². The molecule has 3 atom stereocenters. The van der Waals surface area contributed by atoms with Crippen LogP contribution in [0.25, 0.3) is 0 Å². The number of benzene rings is 1. The summed E-state index contributed by atoms with van der Waals surface area (Å²) in [5, 5.41) is 6.46. The zero-order chi connectivity index (χ0) is 22.6. The Bertz CT molecular complexity index is 725. The Labute approximate surface area is 182 Å². The molecule has 1 amide bonds. The monoisotopic (exact) mass is 441 g/mol. The van der Waals surface area contributed by atoms with Crippen molar-refractivity contribution in [3.63, 3.8) is 0 Å². The summed E-state index contributed by atoms with van der Waals surface area (Å²) in [7, 11) is 0. The summed E-state index contributed by atoms with van der Waals surface area (Å²) in [6, 6.07) is 5.48. The minimum atomic E-state index is -4.36. The molecule has 1 aliphatic carbocycles. The number of nitrogens with zero attached hydrogens (tertiary/aromatic N) is 1. The predicted molar refractivity (Wildman–Crippen MR) is 115 cm³/mol. The van der Waals surface area contributed by atoms with Crippen LogP contribution < -0.4 is 15.5 Å². The molecule has 0 radical (unpaired) electrons. The van der Waals surface area contributed by atoms with Crippen molar-refractivity contribution in [2.24, 2.45) is 0 Å². The van der Waals surface area contributed by atoms with Gasteiger partial charge in [-0.25, -0.2) is 4.79 Å². The highest BCUT2D eigenvalue weighted by Gasteiger charge is 2.37. The second-order valence-electron chi connectivity index (χ2n) is 9.56. The van der Waals surface area contributed by atoms with Crippen molar-refractivity contribution in [1.29, 1.82) is 0 Å². The molecule has 0 unspecified atom stereocenters. The molecule has 1 heterocycles. The molecule has 2 fully saturated rings. The van der Waals surface area contributed by atoms with Gasteiger partial charge in [-0.1, -0.05) is 12.8 Å². The summed E-state index contributed by atoms with van der Waals surface area (Å²) < 4.78 is 44.7. The van der Waals surface area contributed by atoms with Crippen LogP contribution in [0.2, 0.25) is 0 Å². The van der Waals surface area contributed by atoms with Crippen molar-refractivity contribution in [1.82, 2.24) is 10.6 Å². The molecule has 2 N–H and O–H groups in total. The van der Waals surface area contributed by atoms with Crippen LogP contribution in [0.1, 0.15) is 64.9 Å². The van der Waals surface area contributed by atoms with E-state index in [9.17, 15) is 18.0 Å². The number of amides is 1. The predicted octanol–water partition coefficient (Wildman–Crippen LogP) is 5.10. The number of rotatable bonds is 4. The first kappa shape index (κ1) is 23.7. The molecule has 3 rings (SSSR count). The Morgan fingerprint density at radius 3 is 2.32 bits per heavy atom. The topological polar surface area (TPSA) is 53.6 Å². The fourth-order valence-electron chi connectivity index (χ4n) is 4.64. The summed E-state index contributed by atoms with van der Waals surface area (Å²) in [4.78, 5) is 14.7. The summed E-state index contributed by atoms with van der Waals surface area (Å²) in [6.45, 7) is 7.20. The number of piperidine rings is 1. The van der Waals surface area contributed by atoms with Crippen molar-refractivity contribution >= 4 is 11.8 Å². The lowest BCUT2D eigenvalue weighted by Crippen LogP contribution is -2.59. The highest BCUT2D eigenvalue weighted by molar-refractivity contribution is 5.68. The highest BCUT2D eigenvalue weighted by atomic mass is 19.4. The van der Waals surface area contributed by atoms with Gasteiger partial charge in [0, 0.05) is 24.3 Å². The van der Waals surface area contributed by atoms with E-state index < -0.39 is 23.4 Å². The molecule has 1 saturated carbocycles. The Morgan fingerprint density at radius 2 is 1.74 bits per heavy atom. The number of hydrogen-bond acceptors (Lipinski definition) is 4. The first-order valence-corrected chi connectivity index (χ1v) is 11.2. The molecule has 1 saturated heterocycles. The van der Waals surface area contributed by atoms with Crippen molar-refractivity contribution < 1.29 is 22.7 Å². The van der Waals surface area contributed by atoms with Gasteiger partial charge in [0.15, 0.2) is 0 Å². The number of anilines is 1. The third kappa shape index (κ3) is 6.51. The van der Waals surface area contributed by atoms with E-state index in [0.717, 1.165) is 69.4 Å². The summed E-state index contributed by atoms with van der Waals surface area (Å²) in [5.74, 6) is 0. The van der Waals surface area contributed by atoms with Crippen molar-refractivity contribution in [3.05, 3.63) is 29.8 Å². The fraction of sp³-hybridized carbons (Fsp3) is 0.696. The van der Waals surface area contributed by atoms with E-state index in [1.54, 1.807) is 12.1 Å². The van der Waals surface area contributed by atoms with Gasteiger partial charge >= 0.3 is 12.3 Å². The number of nitrogens with one attached hydrogen (secondary N) is 2. The lowest BCUT2D eigenvalue weighted by molar-refractivity contribution is -0.137. The smallest absolute Gasteiger partial charge is 0.416 e. The first-order chi connectivity index (χ1) is 14.5. The van der Waals surface area contributed by atoms with E-state index in [1.165, 1.54) is 0 Å². The average molecular weight is 442 g/mol. The molecule has 1 aromatic carbocycles. The van der Waals surface area contributed by atoms with Crippen LogP contribution in [0.3, 0.4) is 0 Å². The van der Waals surface area contributed by atoms with Crippen molar-refractivity contribution in [2.75, 3.05) is 18.0 Å². The lowest BCUT2D eigenvalue weighted by atomic mass is 9.87. The highest BCUT2D eigenvalue weighted by Crippen LogP contribution is 2.35. The van der Waals surface area contributed by atoms with Gasteiger partial charge in [-0.15, -0.1) is 0 Å². The molecule has 31 heavy (non-hydrogen) atoms. The summed E-state index contributed by atoms with van der Waals surface area (Å²) in [6.07, 6.45) is 0.886. The Morgan fingerprint density at radius 1 is 1.06 bits per heavy atom. The Hall–Kier alpha value is -1.96. The van der Waals surface area contributed by atoms with E-state index in [2.05, 4.69) is 15.5 Å². The third-order valence-corrected chi connectivity index (χ3v) is 5.95. The average Bonchev–Trinajstić information content (AvgIpc) is 2.69. The van der Waals surface area contributed by atoms with Crippen LogP contribution >= 0.6 is 0 Å². The molecule has 2 aliphatic rings. The Kier molecular flexibility index (Phi) is 7.39. The van der Waals surface area contributed by atoms with Gasteiger partial charge in [-0.3, -0.25) is 0 Å². The lowest BCUT2D eigenvalue weighted by Gasteiger charge is -2.47. The quantitative estimate of drug-likeness (QED) is 0.683. The molecule has 0 bridgehead atoms. The number of carbonyl (C=O) groups excluding carboxylic acids is 1. The number of alkyl carbamates (subject to hydrolysis) is 1. The van der Waals surface area contributed by atoms with Crippen LogP contribution in [0.15, 0.2) is 24.3 Å². The molecule has 174 valence electrons. The zero-order valence-corrected chi connectivity index (χ0v) is 18.6. The maximum Gasteiger partial charge on any atom is 0.416 e.